The molecular weight excluding hydrogens is 306 g/mol. The summed E-state index contributed by atoms with van der Waals surface area (Å²) in [6, 6.07) is 16.6. The van der Waals surface area contributed by atoms with Gasteiger partial charge in [0.15, 0.2) is 0 Å². The van der Waals surface area contributed by atoms with Crippen LogP contribution in [0, 0.1) is 21.4 Å². The topological polar surface area (TPSA) is 96.0 Å². The summed E-state index contributed by atoms with van der Waals surface area (Å²) < 4.78 is 0. The second-order valence-electron chi connectivity index (χ2n) is 5.12. The molecule has 0 fully saturated rings. The van der Waals surface area contributed by atoms with E-state index in [0.717, 1.165) is 5.56 Å². The van der Waals surface area contributed by atoms with Gasteiger partial charge in [-0.1, -0.05) is 30.3 Å². The second-order valence-corrected chi connectivity index (χ2v) is 5.12. The van der Waals surface area contributed by atoms with Crippen LogP contribution in [-0.2, 0) is 4.79 Å². The third-order valence-corrected chi connectivity index (χ3v) is 3.43. The van der Waals surface area contributed by atoms with Crippen LogP contribution in [0.4, 0.5) is 5.69 Å². The summed E-state index contributed by atoms with van der Waals surface area (Å²) in [5.74, 6) is -0.493. The highest BCUT2D eigenvalue weighted by atomic mass is 16.6. The number of amides is 1. The van der Waals surface area contributed by atoms with Crippen LogP contribution in [0.15, 0.2) is 60.2 Å². The van der Waals surface area contributed by atoms with Crippen molar-refractivity contribution in [2.75, 3.05) is 0 Å². The van der Waals surface area contributed by atoms with Gasteiger partial charge in [0.2, 0.25) is 0 Å². The highest BCUT2D eigenvalue weighted by Gasteiger charge is 2.14. The van der Waals surface area contributed by atoms with Crippen molar-refractivity contribution in [3.63, 3.8) is 0 Å². The highest BCUT2D eigenvalue weighted by molar-refractivity contribution is 6.01. The molecule has 0 saturated heterocycles. The number of nitrogens with zero attached hydrogens (tertiary/aromatic N) is 2. The zero-order valence-corrected chi connectivity index (χ0v) is 13.0. The zero-order valence-electron chi connectivity index (χ0n) is 13.0. The van der Waals surface area contributed by atoms with E-state index in [9.17, 15) is 20.2 Å². The molecule has 6 heteroatoms. The fourth-order valence-electron chi connectivity index (χ4n) is 2.11. The average molecular weight is 321 g/mol. The second kappa shape index (κ2) is 7.70. The SMILES string of the molecule is CC(NC(=O)/C(C#N)=C\c1ccc([N+](=O)[O-])cc1)c1ccccc1. The number of nitro groups is 1. The van der Waals surface area contributed by atoms with E-state index >= 15 is 0 Å². The summed E-state index contributed by atoms with van der Waals surface area (Å²) in [6.45, 7) is 1.83. The molecule has 0 radical (unpaired) electrons. The Kier molecular flexibility index (Phi) is 5.42. The molecule has 0 aliphatic rings. The van der Waals surface area contributed by atoms with Gasteiger partial charge in [0, 0.05) is 12.1 Å². The lowest BCUT2D eigenvalue weighted by Gasteiger charge is -2.13. The molecule has 0 aromatic heterocycles. The molecule has 2 aromatic carbocycles. The van der Waals surface area contributed by atoms with E-state index in [1.807, 2.05) is 43.3 Å². The molecule has 1 unspecified atom stereocenters. The molecule has 2 aromatic rings. The van der Waals surface area contributed by atoms with E-state index in [1.165, 1.54) is 30.3 Å². The van der Waals surface area contributed by atoms with Crippen molar-refractivity contribution in [1.82, 2.24) is 5.32 Å². The number of hydrogen-bond donors (Lipinski definition) is 1. The fraction of sp³-hybridized carbons (Fsp3) is 0.111. The van der Waals surface area contributed by atoms with Gasteiger partial charge in [0.05, 0.1) is 11.0 Å². The Morgan fingerprint density at radius 2 is 1.83 bits per heavy atom. The van der Waals surface area contributed by atoms with Crippen LogP contribution in [-0.4, -0.2) is 10.8 Å². The molecule has 1 atom stereocenters. The van der Waals surface area contributed by atoms with Gasteiger partial charge in [0.25, 0.3) is 11.6 Å². The van der Waals surface area contributed by atoms with Crippen molar-refractivity contribution in [3.05, 3.63) is 81.4 Å². The Morgan fingerprint density at radius 1 is 1.21 bits per heavy atom. The number of non-ortho nitro benzene ring substituents is 1. The predicted octanol–water partition coefficient (Wildman–Crippen LogP) is 3.38. The average Bonchev–Trinajstić information content (AvgIpc) is 2.60. The van der Waals surface area contributed by atoms with E-state index in [2.05, 4.69) is 5.32 Å². The first kappa shape index (κ1) is 16.9. The van der Waals surface area contributed by atoms with Crippen molar-refractivity contribution < 1.29 is 9.72 Å². The first-order valence-electron chi connectivity index (χ1n) is 7.23. The van der Waals surface area contributed by atoms with E-state index < -0.39 is 10.8 Å². The van der Waals surface area contributed by atoms with Crippen molar-refractivity contribution in [1.29, 1.82) is 5.26 Å². The van der Waals surface area contributed by atoms with Crippen molar-refractivity contribution in [2.45, 2.75) is 13.0 Å². The van der Waals surface area contributed by atoms with E-state index in [1.54, 1.807) is 0 Å². The van der Waals surface area contributed by atoms with E-state index in [4.69, 9.17) is 0 Å². The summed E-state index contributed by atoms with van der Waals surface area (Å²) in [5.41, 5.74) is 1.36. The third-order valence-electron chi connectivity index (χ3n) is 3.43. The van der Waals surface area contributed by atoms with Crippen molar-refractivity contribution in [3.8, 4) is 6.07 Å². The third kappa shape index (κ3) is 4.27. The Hall–Kier alpha value is -3.46. The van der Waals surface area contributed by atoms with Crippen LogP contribution in [0.1, 0.15) is 24.1 Å². The lowest BCUT2D eigenvalue weighted by Crippen LogP contribution is -2.27. The molecule has 24 heavy (non-hydrogen) atoms. The number of benzene rings is 2. The number of nitro benzene ring substituents is 1. The van der Waals surface area contributed by atoms with Gasteiger partial charge in [-0.05, 0) is 36.3 Å². The Balaban J connectivity index is 2.13. The lowest BCUT2D eigenvalue weighted by molar-refractivity contribution is -0.384. The van der Waals surface area contributed by atoms with Crippen LogP contribution in [0.3, 0.4) is 0 Å². The first-order valence-corrected chi connectivity index (χ1v) is 7.23. The molecule has 2 rings (SSSR count). The number of nitriles is 1. The summed E-state index contributed by atoms with van der Waals surface area (Å²) in [7, 11) is 0. The van der Waals surface area contributed by atoms with Crippen LogP contribution in [0.25, 0.3) is 6.08 Å². The normalized spacial score (nSPS) is 12.1. The standard InChI is InChI=1S/C18H15N3O3/c1-13(15-5-3-2-4-6-15)20-18(22)16(12-19)11-14-7-9-17(10-8-14)21(23)24/h2-11,13H,1H3,(H,20,22)/b16-11-. The Labute approximate surface area is 139 Å². The summed E-state index contributed by atoms with van der Waals surface area (Å²) in [4.78, 5) is 22.3. The molecular formula is C18H15N3O3. The maximum Gasteiger partial charge on any atom is 0.269 e. The number of nitrogens with one attached hydrogen (secondary N) is 1. The first-order chi connectivity index (χ1) is 11.5. The Bertz CT molecular complexity index is 806. The van der Waals surface area contributed by atoms with E-state index in [-0.39, 0.29) is 17.3 Å². The molecule has 6 nitrogen and oxygen atoms in total. The molecule has 0 saturated carbocycles. The predicted molar refractivity (Wildman–Crippen MR) is 89.7 cm³/mol. The summed E-state index contributed by atoms with van der Waals surface area (Å²) in [6.07, 6.45) is 1.40. The molecule has 0 aliphatic heterocycles. The minimum atomic E-state index is -0.507. The smallest absolute Gasteiger partial charge is 0.269 e. The minimum Gasteiger partial charge on any atom is -0.345 e. The highest BCUT2D eigenvalue weighted by Crippen LogP contribution is 2.16. The monoisotopic (exact) mass is 321 g/mol. The van der Waals surface area contributed by atoms with Crippen molar-refractivity contribution >= 4 is 17.7 Å². The maximum absolute atomic E-state index is 12.2. The van der Waals surface area contributed by atoms with Crippen LogP contribution < -0.4 is 5.32 Å². The Morgan fingerprint density at radius 3 is 2.38 bits per heavy atom. The summed E-state index contributed by atoms with van der Waals surface area (Å²) in [5, 5.41) is 22.6. The molecule has 0 heterocycles. The van der Waals surface area contributed by atoms with Gasteiger partial charge in [-0.2, -0.15) is 5.26 Å². The van der Waals surface area contributed by atoms with Gasteiger partial charge in [-0.15, -0.1) is 0 Å². The quantitative estimate of drug-likeness (QED) is 0.395. The molecule has 0 bridgehead atoms. The molecule has 1 amide bonds. The molecule has 1 N–H and O–H groups in total. The van der Waals surface area contributed by atoms with Gasteiger partial charge in [-0.25, -0.2) is 0 Å². The van der Waals surface area contributed by atoms with E-state index in [0.29, 0.717) is 5.56 Å². The maximum atomic E-state index is 12.2. The number of rotatable bonds is 5. The van der Waals surface area contributed by atoms with Gasteiger partial charge < -0.3 is 5.32 Å². The molecule has 0 aliphatic carbocycles. The zero-order chi connectivity index (χ0) is 17.5. The number of carbonyl (C=O) groups is 1. The van der Waals surface area contributed by atoms with Gasteiger partial charge in [0.1, 0.15) is 11.6 Å². The van der Waals surface area contributed by atoms with Crippen molar-refractivity contribution in [2.24, 2.45) is 0 Å². The van der Waals surface area contributed by atoms with Crippen LogP contribution in [0.2, 0.25) is 0 Å². The number of hydrogen-bond acceptors (Lipinski definition) is 4. The van der Waals surface area contributed by atoms with Crippen LogP contribution >= 0.6 is 0 Å². The fourth-order valence-corrected chi connectivity index (χ4v) is 2.11. The van der Waals surface area contributed by atoms with Gasteiger partial charge >= 0.3 is 0 Å². The lowest BCUT2D eigenvalue weighted by atomic mass is 10.1. The molecule has 0 spiro atoms. The number of carbonyl (C=O) groups excluding carboxylic acids is 1. The van der Waals surface area contributed by atoms with Gasteiger partial charge in [-0.3, -0.25) is 14.9 Å². The summed E-state index contributed by atoms with van der Waals surface area (Å²) >= 11 is 0. The molecule has 120 valence electrons. The van der Waals surface area contributed by atoms with Crippen LogP contribution in [0.5, 0.6) is 0 Å². The largest absolute Gasteiger partial charge is 0.345 e. The minimum absolute atomic E-state index is 0.0483.